The molecule has 1 spiro atoms. The van der Waals surface area contributed by atoms with Gasteiger partial charge in [-0.05, 0) is 13.3 Å². The molecule has 0 amide bonds. The van der Waals surface area contributed by atoms with Gasteiger partial charge in [0.25, 0.3) is 5.79 Å². The minimum Gasteiger partial charge on any atom is -0.212 e. The van der Waals surface area contributed by atoms with Gasteiger partial charge in [-0.1, -0.05) is 37.3 Å². The van der Waals surface area contributed by atoms with E-state index in [1.165, 1.54) is 4.31 Å². The summed E-state index contributed by atoms with van der Waals surface area (Å²) in [5.74, 6) is -2.06. The average Bonchev–Trinajstić information content (AvgIpc) is 2.59. The van der Waals surface area contributed by atoms with Crippen molar-refractivity contribution in [3.63, 3.8) is 0 Å². The minimum absolute atomic E-state index is 0.154. The zero-order valence-corrected chi connectivity index (χ0v) is 14.8. The van der Waals surface area contributed by atoms with Crippen LogP contribution in [-0.4, -0.2) is 37.4 Å². The highest BCUT2D eigenvalue weighted by molar-refractivity contribution is 7.89. The number of sulfonamides is 1. The summed E-state index contributed by atoms with van der Waals surface area (Å²) >= 11 is 0. The van der Waals surface area contributed by atoms with Crippen molar-refractivity contribution in [1.82, 2.24) is 4.31 Å². The lowest BCUT2D eigenvalue weighted by molar-refractivity contribution is -0.663. The summed E-state index contributed by atoms with van der Waals surface area (Å²) in [4.78, 5) is 22.1. The van der Waals surface area contributed by atoms with Crippen LogP contribution in [0.15, 0.2) is 30.3 Å². The van der Waals surface area contributed by atoms with Crippen molar-refractivity contribution in [2.45, 2.75) is 44.7 Å². The lowest BCUT2D eigenvalue weighted by Crippen LogP contribution is -2.54. The van der Waals surface area contributed by atoms with Crippen LogP contribution in [0.25, 0.3) is 0 Å². The first-order valence-corrected chi connectivity index (χ1v) is 9.77. The Morgan fingerprint density at radius 3 is 2.17 bits per heavy atom. The van der Waals surface area contributed by atoms with Crippen LogP contribution in [0.4, 0.5) is 0 Å². The third-order valence-corrected chi connectivity index (χ3v) is 6.42. The van der Waals surface area contributed by atoms with Crippen molar-refractivity contribution in [2.75, 3.05) is 18.8 Å². The fourth-order valence-electron chi connectivity index (χ4n) is 2.83. The Hall–Kier alpha value is -1.03. The Balaban J connectivity index is 1.62. The van der Waals surface area contributed by atoms with Crippen molar-refractivity contribution in [3.05, 3.63) is 35.9 Å². The van der Waals surface area contributed by atoms with Gasteiger partial charge in [0.1, 0.15) is 0 Å². The maximum atomic E-state index is 12.1. The van der Waals surface area contributed by atoms with Gasteiger partial charge in [0, 0.05) is 31.5 Å². The molecule has 0 radical (unpaired) electrons. The first-order valence-electron chi connectivity index (χ1n) is 8.16. The molecule has 3 rings (SSSR count). The standard InChI is InChI=1S/C16H23NO6S/c1-3-13-24(18,19)17-11-9-16(10-12-17)22-20-15(2,21-23-16)14-7-5-4-6-8-14/h4-8H,3,9-13H2,1-2H3. The molecule has 8 heteroatoms. The minimum atomic E-state index is -3.21. The molecule has 0 unspecified atom stereocenters. The predicted molar refractivity (Wildman–Crippen MR) is 85.7 cm³/mol. The van der Waals surface area contributed by atoms with Crippen molar-refractivity contribution in [1.29, 1.82) is 0 Å². The second-order valence-electron chi connectivity index (χ2n) is 6.27. The highest BCUT2D eigenvalue weighted by Gasteiger charge is 2.50. The molecule has 0 aromatic heterocycles. The molecule has 1 aromatic rings. The van der Waals surface area contributed by atoms with Gasteiger partial charge in [-0.3, -0.25) is 0 Å². The van der Waals surface area contributed by atoms with Crippen molar-refractivity contribution in [3.8, 4) is 0 Å². The van der Waals surface area contributed by atoms with E-state index >= 15 is 0 Å². The molecule has 0 N–H and O–H groups in total. The molecule has 2 fully saturated rings. The van der Waals surface area contributed by atoms with Crippen LogP contribution >= 0.6 is 0 Å². The van der Waals surface area contributed by atoms with E-state index in [-0.39, 0.29) is 5.75 Å². The lowest BCUT2D eigenvalue weighted by atomic mass is 10.1. The number of piperidine rings is 1. The zero-order valence-electron chi connectivity index (χ0n) is 13.9. The third kappa shape index (κ3) is 3.49. The van der Waals surface area contributed by atoms with E-state index in [0.29, 0.717) is 32.4 Å². The van der Waals surface area contributed by atoms with E-state index in [0.717, 1.165) is 5.56 Å². The summed E-state index contributed by atoms with van der Waals surface area (Å²) in [6.07, 6.45) is 1.29. The van der Waals surface area contributed by atoms with Gasteiger partial charge in [-0.25, -0.2) is 12.7 Å². The van der Waals surface area contributed by atoms with Gasteiger partial charge in [0.2, 0.25) is 15.8 Å². The van der Waals surface area contributed by atoms with Crippen LogP contribution < -0.4 is 0 Å². The molecule has 0 aliphatic carbocycles. The van der Waals surface area contributed by atoms with E-state index in [9.17, 15) is 8.42 Å². The van der Waals surface area contributed by atoms with Gasteiger partial charge >= 0.3 is 0 Å². The Morgan fingerprint density at radius 1 is 1.04 bits per heavy atom. The molecule has 0 saturated carbocycles. The Labute approximate surface area is 142 Å². The number of hydrogen-bond acceptors (Lipinski definition) is 6. The molecular weight excluding hydrogens is 334 g/mol. The normalized spacial score (nSPS) is 24.1. The van der Waals surface area contributed by atoms with Gasteiger partial charge in [0.15, 0.2) is 0 Å². The molecule has 7 nitrogen and oxygen atoms in total. The summed E-state index contributed by atoms with van der Waals surface area (Å²) in [7, 11) is -3.21. The summed E-state index contributed by atoms with van der Waals surface area (Å²) in [6, 6.07) is 9.34. The van der Waals surface area contributed by atoms with Crippen LogP contribution in [0.2, 0.25) is 0 Å². The van der Waals surface area contributed by atoms with Crippen molar-refractivity contribution in [2.24, 2.45) is 0 Å². The third-order valence-electron chi connectivity index (χ3n) is 4.34. The predicted octanol–water partition coefficient (Wildman–Crippen LogP) is 2.30. The molecule has 2 saturated heterocycles. The highest BCUT2D eigenvalue weighted by atomic mass is 32.2. The second kappa shape index (κ2) is 6.70. The van der Waals surface area contributed by atoms with Crippen LogP contribution in [0.3, 0.4) is 0 Å². The Morgan fingerprint density at radius 2 is 1.62 bits per heavy atom. The van der Waals surface area contributed by atoms with Crippen molar-refractivity contribution < 1.29 is 28.0 Å². The highest BCUT2D eigenvalue weighted by Crippen LogP contribution is 2.40. The first kappa shape index (κ1) is 17.8. The molecule has 0 bridgehead atoms. The Kier molecular flexibility index (Phi) is 4.96. The lowest BCUT2D eigenvalue weighted by Gasteiger charge is -2.44. The van der Waals surface area contributed by atoms with E-state index in [2.05, 4.69) is 0 Å². The number of hydrogen-bond donors (Lipinski definition) is 0. The average molecular weight is 357 g/mol. The largest absolute Gasteiger partial charge is 0.256 e. The summed E-state index contributed by atoms with van der Waals surface area (Å²) < 4.78 is 25.7. The van der Waals surface area contributed by atoms with Gasteiger partial charge < -0.3 is 0 Å². The van der Waals surface area contributed by atoms with Crippen LogP contribution in [0.1, 0.15) is 38.7 Å². The summed E-state index contributed by atoms with van der Waals surface area (Å²) in [5.41, 5.74) is 0.766. The van der Waals surface area contributed by atoms with Crippen LogP contribution in [0, 0.1) is 0 Å². The number of nitrogens with zero attached hydrogens (tertiary/aromatic N) is 1. The number of rotatable bonds is 4. The molecule has 2 aliphatic rings. The molecular formula is C16H23NO6S. The molecule has 0 atom stereocenters. The second-order valence-corrected chi connectivity index (χ2v) is 8.36. The van der Waals surface area contributed by atoms with E-state index < -0.39 is 21.6 Å². The molecule has 1 aromatic carbocycles. The molecule has 2 heterocycles. The van der Waals surface area contributed by atoms with E-state index in [1.807, 2.05) is 37.3 Å². The van der Waals surface area contributed by atoms with Crippen LogP contribution in [0.5, 0.6) is 0 Å². The van der Waals surface area contributed by atoms with Gasteiger partial charge in [-0.2, -0.15) is 19.6 Å². The number of benzene rings is 1. The van der Waals surface area contributed by atoms with Crippen molar-refractivity contribution >= 4 is 10.0 Å². The monoisotopic (exact) mass is 357 g/mol. The van der Waals surface area contributed by atoms with E-state index in [4.69, 9.17) is 19.6 Å². The fourth-order valence-corrected chi connectivity index (χ4v) is 4.35. The summed E-state index contributed by atoms with van der Waals surface area (Å²) in [6.45, 7) is 4.19. The maximum absolute atomic E-state index is 12.1. The smallest absolute Gasteiger partial charge is 0.212 e. The first-order chi connectivity index (χ1) is 11.4. The topological polar surface area (TPSA) is 74.3 Å². The molecule has 134 valence electrons. The zero-order chi connectivity index (χ0) is 17.3. The molecule has 24 heavy (non-hydrogen) atoms. The Bertz CT molecular complexity index is 644. The maximum Gasteiger partial charge on any atom is 0.256 e. The molecule has 2 aliphatic heterocycles. The van der Waals surface area contributed by atoms with E-state index in [1.54, 1.807) is 6.92 Å². The van der Waals surface area contributed by atoms with Gasteiger partial charge in [0.05, 0.1) is 5.75 Å². The SMILES string of the molecule is CCCS(=O)(=O)N1CCC2(CC1)OOC(C)(c1ccccc1)OO2. The summed E-state index contributed by atoms with van der Waals surface area (Å²) in [5, 5.41) is 0. The quantitative estimate of drug-likeness (QED) is 0.770. The van der Waals surface area contributed by atoms with Gasteiger partial charge in [-0.15, -0.1) is 0 Å². The van der Waals surface area contributed by atoms with Crippen LogP contribution in [-0.2, 0) is 35.4 Å². The fraction of sp³-hybridized carbons (Fsp3) is 0.625.